The van der Waals surface area contributed by atoms with E-state index in [1.54, 1.807) is 87.9 Å². The van der Waals surface area contributed by atoms with Crippen molar-refractivity contribution in [3.05, 3.63) is 115 Å². The molecule has 47 heavy (non-hydrogen) atoms. The third kappa shape index (κ3) is 6.03. The molecule has 0 amide bonds. The Morgan fingerprint density at radius 1 is 0.574 bits per heavy atom. The van der Waals surface area contributed by atoms with Gasteiger partial charge in [-0.2, -0.15) is 24.3 Å². The van der Waals surface area contributed by atoms with Crippen molar-refractivity contribution in [1.82, 2.24) is 0 Å². The van der Waals surface area contributed by atoms with E-state index < -0.39 is 7.92 Å². The van der Waals surface area contributed by atoms with Crippen LogP contribution in [-0.2, 0) is 17.1 Å². The van der Waals surface area contributed by atoms with Gasteiger partial charge in [0, 0.05) is 0 Å². The Hall–Kier alpha value is -1.48. The number of benzene rings is 2. The van der Waals surface area contributed by atoms with Crippen LogP contribution in [0.25, 0.3) is 0 Å². The average Bonchev–Trinajstić information content (AvgIpc) is 3.77. The molecule has 8 saturated carbocycles. The molecule has 8 fully saturated rings. The Labute approximate surface area is 297 Å². The zero-order chi connectivity index (χ0) is 30.7. The molecule has 4 aromatic rings. The van der Waals surface area contributed by atoms with Gasteiger partial charge in [-0.15, -0.1) is 10.9 Å². The summed E-state index contributed by atoms with van der Waals surface area (Å²) in [5.74, 6) is 6.32. The summed E-state index contributed by atoms with van der Waals surface area (Å²) in [4.78, 5) is 0. The number of hydrogen-bond donors (Lipinski definition) is 0. The fraction of sp³-hybridized carbons (Fsp3) is 0.500. The van der Waals surface area contributed by atoms with Crippen LogP contribution in [0.3, 0.4) is 0 Å². The molecular formula is C44H52FeP2. The molecule has 12 rings (SSSR count). The van der Waals surface area contributed by atoms with Gasteiger partial charge in [-0.05, 0) is 147 Å². The fourth-order valence-electron chi connectivity index (χ4n) is 13.1. The van der Waals surface area contributed by atoms with E-state index in [9.17, 15) is 0 Å². The summed E-state index contributed by atoms with van der Waals surface area (Å²) >= 11 is 0. The molecular weight excluding hydrogens is 646 g/mol. The van der Waals surface area contributed by atoms with Crippen LogP contribution in [0.2, 0.25) is 0 Å². The van der Waals surface area contributed by atoms with Crippen molar-refractivity contribution in [2.24, 2.45) is 35.5 Å². The van der Waals surface area contributed by atoms with Gasteiger partial charge in [0.15, 0.2) is 0 Å². The molecule has 0 saturated heterocycles. The molecule has 0 unspecified atom stereocenters. The van der Waals surface area contributed by atoms with E-state index in [0.717, 1.165) is 41.2 Å². The van der Waals surface area contributed by atoms with Gasteiger partial charge in [-0.25, -0.2) is 24.3 Å². The fourth-order valence-corrected chi connectivity index (χ4v) is 21.6. The monoisotopic (exact) mass is 698 g/mol. The Morgan fingerprint density at radius 2 is 0.979 bits per heavy atom. The molecule has 0 heterocycles. The smallest absolute Gasteiger partial charge is 0.214 e. The Balaban J connectivity index is 0.000000497. The topological polar surface area (TPSA) is 0 Å². The summed E-state index contributed by atoms with van der Waals surface area (Å²) in [6.45, 7) is 2.77. The van der Waals surface area contributed by atoms with Crippen LogP contribution < -0.4 is 15.9 Å². The quantitative estimate of drug-likeness (QED) is 0.102. The van der Waals surface area contributed by atoms with Gasteiger partial charge in [0.2, 0.25) is 0 Å². The Bertz CT molecular complexity index is 1410. The van der Waals surface area contributed by atoms with Crippen molar-refractivity contribution in [3.63, 3.8) is 0 Å². The van der Waals surface area contributed by atoms with E-state index in [-0.39, 0.29) is 25.0 Å². The molecule has 0 spiro atoms. The van der Waals surface area contributed by atoms with Gasteiger partial charge >= 0.3 is 17.1 Å². The van der Waals surface area contributed by atoms with Crippen LogP contribution in [0, 0.1) is 35.5 Å². The molecule has 4 aromatic carbocycles. The normalized spacial score (nSPS) is 35.6. The van der Waals surface area contributed by atoms with Gasteiger partial charge in [-0.3, -0.25) is 0 Å². The molecule has 8 aliphatic rings. The first-order chi connectivity index (χ1) is 22.6. The van der Waals surface area contributed by atoms with Crippen LogP contribution in [0.4, 0.5) is 0 Å². The van der Waals surface area contributed by atoms with Crippen LogP contribution in [0.1, 0.15) is 95.2 Å². The molecule has 246 valence electrons. The first-order valence-electron chi connectivity index (χ1n) is 18.7. The summed E-state index contributed by atoms with van der Waals surface area (Å²) in [7, 11) is -0.632. The zero-order valence-corrected chi connectivity index (χ0v) is 31.1. The molecule has 0 aliphatic heterocycles. The van der Waals surface area contributed by atoms with Crippen molar-refractivity contribution >= 4 is 31.8 Å². The maximum absolute atomic E-state index is 2.77. The molecule has 8 aliphatic carbocycles. The second-order valence-corrected chi connectivity index (χ2v) is 22.3. The summed E-state index contributed by atoms with van der Waals surface area (Å²) in [6.07, 6.45) is 19.0. The van der Waals surface area contributed by atoms with Gasteiger partial charge in [0.05, 0.1) is 0 Å². The first kappa shape index (κ1) is 32.7. The summed E-state index contributed by atoms with van der Waals surface area (Å²) in [6, 6.07) is 40.6. The summed E-state index contributed by atoms with van der Waals surface area (Å²) < 4.78 is 0. The Morgan fingerprint density at radius 3 is 1.34 bits per heavy atom. The van der Waals surface area contributed by atoms with Crippen molar-refractivity contribution in [3.8, 4) is 0 Å². The minimum absolute atomic E-state index is 0. The van der Waals surface area contributed by atoms with E-state index in [2.05, 4.69) is 85.8 Å². The second kappa shape index (κ2) is 13.3. The van der Waals surface area contributed by atoms with Gasteiger partial charge < -0.3 is 0 Å². The molecule has 8 bridgehead atoms. The molecule has 1 atom stereocenters. The van der Waals surface area contributed by atoms with Gasteiger partial charge in [-0.1, -0.05) is 75.5 Å². The average molecular weight is 699 g/mol. The molecule has 3 heteroatoms. The molecule has 0 nitrogen and oxygen atoms in total. The van der Waals surface area contributed by atoms with Crippen molar-refractivity contribution in [2.75, 3.05) is 0 Å². The molecule has 0 radical (unpaired) electrons. The van der Waals surface area contributed by atoms with Crippen LogP contribution in [0.15, 0.2) is 109 Å². The van der Waals surface area contributed by atoms with Crippen LogP contribution in [-0.4, -0.2) is 10.3 Å². The third-order valence-electron chi connectivity index (χ3n) is 13.5. The van der Waals surface area contributed by atoms with E-state index in [1.807, 2.05) is 30.3 Å². The zero-order valence-electron chi connectivity index (χ0n) is 28.2. The third-order valence-corrected chi connectivity index (χ3v) is 20.2. The minimum atomic E-state index is -0.543. The van der Waals surface area contributed by atoms with Crippen molar-refractivity contribution < 1.29 is 17.1 Å². The second-order valence-electron chi connectivity index (χ2n) is 16.7. The SMILES string of the molecule is C[C@@H]([c-]1cccc1P(c1ccccc1)c1ccccc1)P(C12CC3CC(CC(C3)C1)C2)C12CC3CC(CC(C3)C1)C2.[Fe+2].c1cc[cH-]c1. The van der Waals surface area contributed by atoms with Crippen molar-refractivity contribution in [2.45, 2.75) is 99.9 Å². The van der Waals surface area contributed by atoms with E-state index >= 15 is 0 Å². The first-order valence-corrected chi connectivity index (χ1v) is 21.4. The largest absolute Gasteiger partial charge is 2.00 e. The van der Waals surface area contributed by atoms with Gasteiger partial charge in [0.25, 0.3) is 0 Å². The van der Waals surface area contributed by atoms with E-state index in [1.165, 1.54) is 10.6 Å². The van der Waals surface area contributed by atoms with Crippen LogP contribution in [0.5, 0.6) is 0 Å². The van der Waals surface area contributed by atoms with Crippen molar-refractivity contribution in [1.29, 1.82) is 0 Å². The van der Waals surface area contributed by atoms with Gasteiger partial charge in [0.1, 0.15) is 0 Å². The minimum Gasteiger partial charge on any atom is -0.214 e. The van der Waals surface area contributed by atoms with Crippen LogP contribution >= 0.6 is 15.8 Å². The maximum atomic E-state index is 2.77. The predicted molar refractivity (Wildman–Crippen MR) is 200 cm³/mol. The predicted octanol–water partition coefficient (Wildman–Crippen LogP) is 11.0. The molecule has 0 aromatic heterocycles. The standard InChI is InChI=1S/C39H47P2.C5H5.Fe/c1-27(36-13-8-14-37(36)40(34-9-4-2-5-10-34)35-11-6-3-7-12-35)41(38-21-28-15-29(22-38)17-30(16-28)23-38)39-24-31-18-32(25-39)20-33(19-31)26-39;1-2-4-5-3-1;/h2-14,27-33H,15-26H2,1H3;1-5H;/q2*-1;+2/t27-,28?,29?,30?,31?,32?,33?,38?,39?,41?;;/m0../s1. The number of hydrogen-bond acceptors (Lipinski definition) is 0. The maximum Gasteiger partial charge on any atom is 2.00 e. The number of rotatable bonds is 7. The summed E-state index contributed by atoms with van der Waals surface area (Å²) in [5, 5.41) is 6.05. The van der Waals surface area contributed by atoms with E-state index in [0.29, 0.717) is 10.3 Å². The molecule has 0 N–H and O–H groups in total. The Kier molecular flexibility index (Phi) is 9.28. The van der Waals surface area contributed by atoms with E-state index in [4.69, 9.17) is 0 Å². The summed E-state index contributed by atoms with van der Waals surface area (Å²) in [5.41, 5.74) is 2.47.